The van der Waals surface area contributed by atoms with E-state index in [4.69, 9.17) is 24.7 Å². The normalized spacial score (nSPS) is 14.6. The van der Waals surface area contributed by atoms with Crippen LogP contribution in [-0.2, 0) is 9.53 Å². The van der Waals surface area contributed by atoms with Crippen LogP contribution in [0.5, 0.6) is 17.2 Å². The molecule has 2 aliphatic heterocycles. The number of esters is 1. The van der Waals surface area contributed by atoms with E-state index in [0.717, 1.165) is 23.0 Å². The molecule has 2 aromatic carbocycles. The summed E-state index contributed by atoms with van der Waals surface area (Å²) in [5.41, 5.74) is 9.76. The summed E-state index contributed by atoms with van der Waals surface area (Å²) in [5.74, 6) is 1.38. The Morgan fingerprint density at radius 1 is 1.14 bits per heavy atom. The smallest absolute Gasteiger partial charge is 0.350 e. The number of ether oxygens (including phenoxy) is 4. The number of rotatable bonds is 4. The average Bonchev–Trinajstić information content (AvgIpc) is 3.17. The standard InChI is InChI=1S/C20H19N3O5/c1-12-10-26-16-5-3-13(21)7-15(16)20(12)23(22-9-19(24)25-2)14-4-6-17-18(8-14)28-11-27-17/h3-9H,10-11,21H2,1-2H3/b22-9+. The van der Waals surface area contributed by atoms with Gasteiger partial charge in [0.05, 0.1) is 18.5 Å². The number of hydrogen-bond donors (Lipinski definition) is 1. The summed E-state index contributed by atoms with van der Waals surface area (Å²) in [6.45, 7) is 2.50. The molecule has 144 valence electrons. The molecule has 0 spiro atoms. The quantitative estimate of drug-likeness (QED) is 0.376. The zero-order chi connectivity index (χ0) is 19.7. The van der Waals surface area contributed by atoms with Crippen LogP contribution in [0, 0.1) is 0 Å². The minimum Gasteiger partial charge on any atom is -0.488 e. The summed E-state index contributed by atoms with van der Waals surface area (Å²) in [4.78, 5) is 11.7. The number of hydrazone groups is 1. The molecule has 0 saturated heterocycles. The largest absolute Gasteiger partial charge is 0.488 e. The van der Waals surface area contributed by atoms with E-state index in [1.807, 2.05) is 25.1 Å². The molecular formula is C20H19N3O5. The fraction of sp³-hybridized carbons (Fsp3) is 0.200. The van der Waals surface area contributed by atoms with Crippen LogP contribution in [0.25, 0.3) is 5.70 Å². The van der Waals surface area contributed by atoms with Crippen LogP contribution in [0.2, 0.25) is 0 Å². The topological polar surface area (TPSA) is 95.6 Å². The predicted molar refractivity (Wildman–Crippen MR) is 104 cm³/mol. The monoisotopic (exact) mass is 381 g/mol. The summed E-state index contributed by atoms with van der Waals surface area (Å²) in [6, 6.07) is 10.9. The Morgan fingerprint density at radius 2 is 1.93 bits per heavy atom. The van der Waals surface area contributed by atoms with Gasteiger partial charge in [0.15, 0.2) is 11.5 Å². The molecule has 8 nitrogen and oxygen atoms in total. The van der Waals surface area contributed by atoms with Crippen LogP contribution in [-0.4, -0.2) is 32.7 Å². The number of carbonyl (C=O) groups is 1. The zero-order valence-electron chi connectivity index (χ0n) is 15.5. The van der Waals surface area contributed by atoms with Crippen LogP contribution in [0.4, 0.5) is 11.4 Å². The van der Waals surface area contributed by atoms with Crippen molar-refractivity contribution in [1.82, 2.24) is 0 Å². The van der Waals surface area contributed by atoms with Gasteiger partial charge in [0.2, 0.25) is 6.79 Å². The number of nitrogen functional groups attached to an aromatic ring is 1. The molecule has 0 bridgehead atoms. The Morgan fingerprint density at radius 3 is 2.75 bits per heavy atom. The first-order valence-electron chi connectivity index (χ1n) is 8.61. The second kappa shape index (κ2) is 7.15. The highest BCUT2D eigenvalue weighted by Gasteiger charge is 2.26. The number of hydrogen-bond acceptors (Lipinski definition) is 8. The molecular weight excluding hydrogens is 362 g/mol. The molecule has 0 aliphatic carbocycles. The van der Waals surface area contributed by atoms with Gasteiger partial charge in [0.1, 0.15) is 18.6 Å². The molecule has 2 N–H and O–H groups in total. The van der Waals surface area contributed by atoms with Gasteiger partial charge in [-0.05, 0) is 42.8 Å². The van der Waals surface area contributed by atoms with E-state index in [-0.39, 0.29) is 6.79 Å². The highest BCUT2D eigenvalue weighted by molar-refractivity contribution is 6.23. The molecule has 28 heavy (non-hydrogen) atoms. The summed E-state index contributed by atoms with van der Waals surface area (Å²) in [5, 5.41) is 6.02. The Hall–Kier alpha value is -3.68. The van der Waals surface area contributed by atoms with Crippen molar-refractivity contribution < 1.29 is 23.7 Å². The van der Waals surface area contributed by atoms with Gasteiger partial charge in [-0.2, -0.15) is 5.10 Å². The van der Waals surface area contributed by atoms with Gasteiger partial charge in [-0.1, -0.05) is 0 Å². The van der Waals surface area contributed by atoms with Crippen LogP contribution < -0.4 is 25.0 Å². The van der Waals surface area contributed by atoms with E-state index >= 15 is 0 Å². The average molecular weight is 381 g/mol. The van der Waals surface area contributed by atoms with E-state index in [0.29, 0.717) is 35.2 Å². The third-order valence-electron chi connectivity index (χ3n) is 4.40. The van der Waals surface area contributed by atoms with E-state index < -0.39 is 5.97 Å². The Labute approximate surface area is 161 Å². The molecule has 0 radical (unpaired) electrons. The van der Waals surface area contributed by atoms with Crippen molar-refractivity contribution in [2.75, 3.05) is 31.3 Å². The number of nitrogens with zero attached hydrogens (tertiary/aromatic N) is 2. The molecule has 8 heteroatoms. The zero-order valence-corrected chi connectivity index (χ0v) is 15.5. The van der Waals surface area contributed by atoms with Gasteiger partial charge in [-0.25, -0.2) is 9.80 Å². The molecule has 2 aromatic rings. The SMILES string of the molecule is COC(=O)/C=N/N(C1=C(C)COc2ccc(N)cc21)c1ccc2c(c1)OCO2. The Bertz CT molecular complexity index is 999. The van der Waals surface area contributed by atoms with E-state index in [2.05, 4.69) is 5.10 Å². The number of carbonyl (C=O) groups excluding carboxylic acids is 1. The lowest BCUT2D eigenvalue weighted by molar-refractivity contribution is -0.132. The highest BCUT2D eigenvalue weighted by atomic mass is 16.7. The Balaban J connectivity index is 1.85. The third kappa shape index (κ3) is 3.20. The maximum absolute atomic E-state index is 11.7. The molecule has 2 aliphatic rings. The molecule has 0 unspecified atom stereocenters. The Kier molecular flexibility index (Phi) is 4.52. The van der Waals surface area contributed by atoms with Gasteiger partial charge >= 0.3 is 5.97 Å². The van der Waals surface area contributed by atoms with Gasteiger partial charge < -0.3 is 24.7 Å². The van der Waals surface area contributed by atoms with Gasteiger partial charge in [-0.3, -0.25) is 0 Å². The summed E-state index contributed by atoms with van der Waals surface area (Å²) in [6.07, 6.45) is 1.12. The molecule has 0 amide bonds. The summed E-state index contributed by atoms with van der Waals surface area (Å²) < 4.78 is 21.4. The lowest BCUT2D eigenvalue weighted by Gasteiger charge is -2.29. The predicted octanol–water partition coefficient (Wildman–Crippen LogP) is 2.79. The van der Waals surface area contributed by atoms with Crippen molar-refractivity contribution in [3.05, 3.63) is 47.5 Å². The van der Waals surface area contributed by atoms with Gasteiger partial charge in [-0.15, -0.1) is 0 Å². The summed E-state index contributed by atoms with van der Waals surface area (Å²) >= 11 is 0. The third-order valence-corrected chi connectivity index (χ3v) is 4.40. The van der Waals surface area contributed by atoms with Crippen molar-refractivity contribution in [2.45, 2.75) is 6.92 Å². The van der Waals surface area contributed by atoms with Gasteiger partial charge in [0, 0.05) is 17.3 Å². The summed E-state index contributed by atoms with van der Waals surface area (Å²) in [7, 11) is 1.30. The van der Waals surface area contributed by atoms with Crippen molar-refractivity contribution in [1.29, 1.82) is 0 Å². The molecule has 0 atom stereocenters. The minimum atomic E-state index is -0.566. The van der Waals surface area contributed by atoms with Crippen LogP contribution in [0.15, 0.2) is 47.1 Å². The maximum atomic E-state index is 11.7. The van der Waals surface area contributed by atoms with E-state index in [1.165, 1.54) is 7.11 Å². The highest BCUT2D eigenvalue weighted by Crippen LogP contribution is 2.42. The number of benzene rings is 2. The first kappa shape index (κ1) is 17.7. The first-order valence-corrected chi connectivity index (χ1v) is 8.61. The van der Waals surface area contributed by atoms with Gasteiger partial charge in [0.25, 0.3) is 0 Å². The number of methoxy groups -OCH3 is 1. The minimum absolute atomic E-state index is 0.166. The molecule has 0 aromatic heterocycles. The second-order valence-corrected chi connectivity index (χ2v) is 6.29. The fourth-order valence-corrected chi connectivity index (χ4v) is 3.07. The van der Waals surface area contributed by atoms with Crippen LogP contribution in [0.1, 0.15) is 12.5 Å². The lowest BCUT2D eigenvalue weighted by Crippen LogP contribution is -2.23. The molecule has 4 rings (SSSR count). The second-order valence-electron chi connectivity index (χ2n) is 6.29. The molecule has 2 heterocycles. The van der Waals surface area contributed by atoms with Crippen molar-refractivity contribution in [3.8, 4) is 17.2 Å². The molecule has 0 saturated carbocycles. The van der Waals surface area contributed by atoms with Crippen LogP contribution >= 0.6 is 0 Å². The fourth-order valence-electron chi connectivity index (χ4n) is 3.07. The van der Waals surface area contributed by atoms with Crippen molar-refractivity contribution in [3.63, 3.8) is 0 Å². The molecule has 0 fully saturated rings. The first-order chi connectivity index (χ1) is 13.6. The van der Waals surface area contributed by atoms with Crippen molar-refractivity contribution in [2.24, 2.45) is 5.10 Å². The maximum Gasteiger partial charge on any atom is 0.350 e. The van der Waals surface area contributed by atoms with E-state index in [1.54, 1.807) is 23.2 Å². The number of nitrogens with two attached hydrogens (primary N) is 1. The number of anilines is 2. The van der Waals surface area contributed by atoms with Crippen molar-refractivity contribution >= 4 is 29.3 Å². The van der Waals surface area contributed by atoms with Crippen LogP contribution in [0.3, 0.4) is 0 Å². The lowest BCUT2D eigenvalue weighted by atomic mass is 10.0. The number of fused-ring (bicyclic) bond motifs is 2. The van der Waals surface area contributed by atoms with E-state index in [9.17, 15) is 4.79 Å².